The summed E-state index contributed by atoms with van der Waals surface area (Å²) in [4.78, 5) is 23.8. The van der Waals surface area contributed by atoms with Crippen molar-refractivity contribution < 1.29 is 9.59 Å². The molecule has 0 unspecified atom stereocenters. The van der Waals surface area contributed by atoms with Gasteiger partial charge in [-0.2, -0.15) is 0 Å². The molecule has 2 heteroatoms. The second kappa shape index (κ2) is 2.96. The number of carbonyl (C=O) groups is 2. The molecule has 4 rings (SSSR count). The minimum absolute atomic E-state index is 0.364. The summed E-state index contributed by atoms with van der Waals surface area (Å²) in [6, 6.07) is 0. The third-order valence-corrected chi connectivity index (χ3v) is 5.90. The number of Topliss-reactive ketones (excluding diaryl/α,β-unsaturated/α-hetero) is 2. The zero-order valence-electron chi connectivity index (χ0n) is 9.52. The summed E-state index contributed by atoms with van der Waals surface area (Å²) in [5.41, 5.74) is 0. The van der Waals surface area contributed by atoms with E-state index in [1.54, 1.807) is 0 Å². The van der Waals surface area contributed by atoms with Gasteiger partial charge in [-0.15, -0.1) is 0 Å². The molecule has 0 aliphatic heterocycles. The van der Waals surface area contributed by atoms with Gasteiger partial charge < -0.3 is 0 Å². The Hall–Kier alpha value is -0.660. The highest BCUT2D eigenvalue weighted by atomic mass is 16.1. The fourth-order valence-electron chi connectivity index (χ4n) is 5.45. The quantitative estimate of drug-likeness (QED) is 0.624. The number of hydrogen-bond acceptors (Lipinski definition) is 2. The van der Waals surface area contributed by atoms with Crippen LogP contribution in [0.2, 0.25) is 0 Å². The van der Waals surface area contributed by atoms with Gasteiger partial charge in [0.25, 0.3) is 0 Å². The van der Waals surface area contributed by atoms with Crippen molar-refractivity contribution >= 4 is 11.6 Å². The fourth-order valence-corrected chi connectivity index (χ4v) is 5.45. The minimum Gasteiger partial charge on any atom is -0.299 e. The third kappa shape index (κ3) is 0.988. The van der Waals surface area contributed by atoms with E-state index in [2.05, 4.69) is 0 Å². The van der Waals surface area contributed by atoms with Gasteiger partial charge in [0.2, 0.25) is 0 Å². The van der Waals surface area contributed by atoms with E-state index < -0.39 is 0 Å². The summed E-state index contributed by atoms with van der Waals surface area (Å²) in [6.45, 7) is 0. The summed E-state index contributed by atoms with van der Waals surface area (Å²) in [6.07, 6.45) is 6.25. The summed E-state index contributed by atoms with van der Waals surface area (Å²) in [7, 11) is 0. The molecule has 16 heavy (non-hydrogen) atoms. The fraction of sp³-hybridized carbons (Fsp3) is 0.857. The van der Waals surface area contributed by atoms with Gasteiger partial charge in [-0.3, -0.25) is 9.59 Å². The van der Waals surface area contributed by atoms with Crippen LogP contribution in [0.1, 0.15) is 38.5 Å². The number of rotatable bonds is 0. The van der Waals surface area contributed by atoms with Crippen molar-refractivity contribution in [3.05, 3.63) is 0 Å². The van der Waals surface area contributed by atoms with Crippen LogP contribution in [0.15, 0.2) is 0 Å². The minimum atomic E-state index is 0.364. The van der Waals surface area contributed by atoms with Crippen LogP contribution in [-0.2, 0) is 9.59 Å². The molecule has 0 heterocycles. The lowest BCUT2D eigenvalue weighted by molar-refractivity contribution is -0.124. The lowest BCUT2D eigenvalue weighted by Gasteiger charge is -2.17. The predicted octanol–water partition coefficient (Wildman–Crippen LogP) is 2.22. The van der Waals surface area contributed by atoms with Gasteiger partial charge in [0.15, 0.2) is 0 Å². The predicted molar refractivity (Wildman–Crippen MR) is 58.7 cm³/mol. The van der Waals surface area contributed by atoms with Crippen LogP contribution in [0.5, 0.6) is 0 Å². The number of fused-ring (bicyclic) bond motifs is 5. The van der Waals surface area contributed by atoms with Crippen molar-refractivity contribution in [1.29, 1.82) is 0 Å². The Bertz CT molecular complexity index is 337. The van der Waals surface area contributed by atoms with Crippen LogP contribution in [-0.4, -0.2) is 11.6 Å². The Kier molecular flexibility index (Phi) is 1.74. The molecule has 2 nitrogen and oxygen atoms in total. The number of ketones is 2. The van der Waals surface area contributed by atoms with Crippen LogP contribution in [0.25, 0.3) is 0 Å². The van der Waals surface area contributed by atoms with E-state index in [0.717, 1.165) is 25.7 Å². The Morgan fingerprint density at radius 2 is 1.19 bits per heavy atom. The maximum atomic E-state index is 11.9. The van der Waals surface area contributed by atoms with Crippen LogP contribution in [0.3, 0.4) is 0 Å². The topological polar surface area (TPSA) is 34.1 Å². The molecule has 0 N–H and O–H groups in total. The van der Waals surface area contributed by atoms with Crippen molar-refractivity contribution in [1.82, 2.24) is 0 Å². The third-order valence-electron chi connectivity index (χ3n) is 5.90. The largest absolute Gasteiger partial charge is 0.299 e. The lowest BCUT2D eigenvalue weighted by atomic mass is 9.86. The van der Waals surface area contributed by atoms with Gasteiger partial charge >= 0.3 is 0 Å². The molecule has 0 aromatic carbocycles. The zero-order chi connectivity index (χ0) is 10.9. The van der Waals surface area contributed by atoms with Gasteiger partial charge in [0, 0.05) is 24.7 Å². The SMILES string of the molecule is O=C1CC[C@@H]2C[C@@H]3[C@@H](C[C@@H]4CCC(=O)[C@@H]43)[C@H]12. The Morgan fingerprint density at radius 3 is 1.62 bits per heavy atom. The van der Waals surface area contributed by atoms with E-state index in [0.29, 0.717) is 47.1 Å². The summed E-state index contributed by atoms with van der Waals surface area (Å²) >= 11 is 0. The molecule has 6 atom stereocenters. The summed E-state index contributed by atoms with van der Waals surface area (Å²) in [5, 5.41) is 0. The molecule has 86 valence electrons. The van der Waals surface area contributed by atoms with E-state index in [9.17, 15) is 9.59 Å². The molecule has 0 aromatic heterocycles. The Balaban J connectivity index is 1.68. The molecule has 0 amide bonds. The highest BCUT2D eigenvalue weighted by Gasteiger charge is 2.59. The number of hydrogen-bond donors (Lipinski definition) is 0. The summed E-state index contributed by atoms with van der Waals surface area (Å²) in [5.74, 6) is 4.26. The first-order valence-electron chi connectivity index (χ1n) is 6.81. The number of carbonyl (C=O) groups excluding carboxylic acids is 2. The molecule has 4 aliphatic carbocycles. The van der Waals surface area contributed by atoms with Crippen LogP contribution >= 0.6 is 0 Å². The molecular formula is C14H18O2. The van der Waals surface area contributed by atoms with E-state index in [1.807, 2.05) is 0 Å². The normalized spacial score (nSPS) is 54.2. The average Bonchev–Trinajstić information content (AvgIpc) is 2.90. The van der Waals surface area contributed by atoms with Gasteiger partial charge in [-0.05, 0) is 49.4 Å². The van der Waals surface area contributed by atoms with E-state index in [1.165, 1.54) is 12.8 Å². The molecular weight excluding hydrogens is 200 g/mol. The van der Waals surface area contributed by atoms with Crippen molar-refractivity contribution in [2.75, 3.05) is 0 Å². The maximum Gasteiger partial charge on any atom is 0.136 e. The molecule has 0 spiro atoms. The van der Waals surface area contributed by atoms with E-state index in [-0.39, 0.29) is 0 Å². The molecule has 4 fully saturated rings. The summed E-state index contributed by atoms with van der Waals surface area (Å²) < 4.78 is 0. The monoisotopic (exact) mass is 218 g/mol. The van der Waals surface area contributed by atoms with Gasteiger partial charge in [-0.1, -0.05) is 0 Å². The maximum absolute atomic E-state index is 11.9. The molecule has 0 aromatic rings. The van der Waals surface area contributed by atoms with Gasteiger partial charge in [-0.25, -0.2) is 0 Å². The molecule has 4 aliphatic rings. The van der Waals surface area contributed by atoms with Gasteiger partial charge in [0.1, 0.15) is 11.6 Å². The standard InChI is InChI=1S/C14H18O2/c15-11-3-1-7-5-9-10(13(7)11)6-8-2-4-12(16)14(8)9/h7-10,13-14H,1-6H2/t7-,8+,9-,10-,13-,14+/m1/s1. The second-order valence-corrected chi connectivity index (χ2v) is 6.38. The first-order valence-corrected chi connectivity index (χ1v) is 6.81. The van der Waals surface area contributed by atoms with Crippen LogP contribution in [0.4, 0.5) is 0 Å². The van der Waals surface area contributed by atoms with Crippen molar-refractivity contribution in [3.8, 4) is 0 Å². The highest BCUT2D eigenvalue weighted by Crippen LogP contribution is 2.61. The van der Waals surface area contributed by atoms with Crippen LogP contribution < -0.4 is 0 Å². The average molecular weight is 218 g/mol. The van der Waals surface area contributed by atoms with Crippen molar-refractivity contribution in [3.63, 3.8) is 0 Å². The second-order valence-electron chi connectivity index (χ2n) is 6.38. The zero-order valence-corrected chi connectivity index (χ0v) is 9.52. The van der Waals surface area contributed by atoms with E-state index >= 15 is 0 Å². The van der Waals surface area contributed by atoms with Crippen molar-refractivity contribution in [2.24, 2.45) is 35.5 Å². The molecule has 0 radical (unpaired) electrons. The van der Waals surface area contributed by atoms with Gasteiger partial charge in [0.05, 0.1) is 0 Å². The lowest BCUT2D eigenvalue weighted by Crippen LogP contribution is -2.21. The smallest absolute Gasteiger partial charge is 0.136 e. The van der Waals surface area contributed by atoms with Crippen molar-refractivity contribution in [2.45, 2.75) is 38.5 Å². The first kappa shape index (κ1) is 9.38. The highest BCUT2D eigenvalue weighted by molar-refractivity contribution is 5.87. The van der Waals surface area contributed by atoms with Crippen LogP contribution in [0, 0.1) is 35.5 Å². The Morgan fingerprint density at radius 1 is 0.750 bits per heavy atom. The van der Waals surface area contributed by atoms with E-state index in [4.69, 9.17) is 0 Å². The molecule has 0 bridgehead atoms. The molecule has 4 saturated carbocycles. The Labute approximate surface area is 95.8 Å². The first-order chi connectivity index (χ1) is 7.75. The molecule has 0 saturated heterocycles.